The quantitative estimate of drug-likeness (QED) is 0.787. The Bertz CT molecular complexity index is 314. The lowest BCUT2D eigenvalue weighted by molar-refractivity contribution is 0.130. The molecule has 0 unspecified atom stereocenters. The molecule has 1 N–H and O–H groups in total. The van der Waals surface area contributed by atoms with Gasteiger partial charge in [0.25, 0.3) is 0 Å². The van der Waals surface area contributed by atoms with E-state index in [0.29, 0.717) is 6.61 Å². The number of H-pyrrole nitrogens is 1. The maximum absolute atomic E-state index is 5.28. The van der Waals surface area contributed by atoms with Gasteiger partial charge in [0, 0.05) is 19.2 Å². The van der Waals surface area contributed by atoms with Crippen molar-refractivity contribution in [2.75, 3.05) is 6.61 Å². The minimum absolute atomic E-state index is 0.618. The van der Waals surface area contributed by atoms with Crippen LogP contribution in [0.2, 0.25) is 0 Å². The standard InChI is InChI=1S/C8H14N2OS.C2H6/c1-4-11-5-7-6(2)8(12)10(3)9-7;1-2/h9H,4-5H2,1-3H3;1-2H3. The summed E-state index contributed by atoms with van der Waals surface area (Å²) in [5, 5.41) is 3.13. The zero-order valence-electron chi connectivity index (χ0n) is 9.68. The first-order chi connectivity index (χ1) is 6.66. The van der Waals surface area contributed by atoms with Gasteiger partial charge >= 0.3 is 0 Å². The Kier molecular flexibility index (Phi) is 6.49. The summed E-state index contributed by atoms with van der Waals surface area (Å²) >= 11 is 5.14. The summed E-state index contributed by atoms with van der Waals surface area (Å²) in [6, 6.07) is 0. The second kappa shape index (κ2) is 6.79. The molecule has 1 rings (SSSR count). The van der Waals surface area contributed by atoms with Crippen molar-refractivity contribution in [1.29, 1.82) is 0 Å². The van der Waals surface area contributed by atoms with Gasteiger partial charge in [-0.25, -0.2) is 0 Å². The van der Waals surface area contributed by atoms with E-state index in [1.807, 2.05) is 39.4 Å². The van der Waals surface area contributed by atoms with E-state index in [0.717, 1.165) is 22.5 Å². The van der Waals surface area contributed by atoms with E-state index >= 15 is 0 Å². The molecule has 0 aliphatic carbocycles. The number of nitrogens with one attached hydrogen (secondary N) is 1. The molecular formula is C10H20N2OS. The SMILES string of the molecule is CC.CCOCc1[nH]n(C)c(=S)c1C. The van der Waals surface area contributed by atoms with Crippen LogP contribution in [0.5, 0.6) is 0 Å². The van der Waals surface area contributed by atoms with Crippen LogP contribution < -0.4 is 0 Å². The summed E-state index contributed by atoms with van der Waals surface area (Å²) in [5.41, 5.74) is 2.19. The molecule has 0 fully saturated rings. The third-order valence-corrected chi connectivity index (χ3v) is 2.41. The molecule has 1 aromatic heterocycles. The zero-order chi connectivity index (χ0) is 11.1. The van der Waals surface area contributed by atoms with Gasteiger partial charge in [-0.15, -0.1) is 0 Å². The number of ether oxygens (including phenoxy) is 1. The summed E-state index contributed by atoms with van der Waals surface area (Å²) in [7, 11) is 1.91. The van der Waals surface area contributed by atoms with Crippen LogP contribution in [0.25, 0.3) is 0 Å². The van der Waals surface area contributed by atoms with Crippen LogP contribution in [0.15, 0.2) is 0 Å². The fraction of sp³-hybridized carbons (Fsp3) is 0.700. The van der Waals surface area contributed by atoms with Crippen LogP contribution in [0.1, 0.15) is 32.0 Å². The van der Waals surface area contributed by atoms with Gasteiger partial charge in [0.05, 0.1) is 12.3 Å². The highest BCUT2D eigenvalue weighted by Gasteiger charge is 2.03. The monoisotopic (exact) mass is 216 g/mol. The van der Waals surface area contributed by atoms with E-state index in [2.05, 4.69) is 5.10 Å². The highest BCUT2D eigenvalue weighted by atomic mass is 32.1. The van der Waals surface area contributed by atoms with Gasteiger partial charge < -0.3 is 4.74 Å². The van der Waals surface area contributed by atoms with Gasteiger partial charge in [-0.3, -0.25) is 9.78 Å². The smallest absolute Gasteiger partial charge is 0.124 e. The van der Waals surface area contributed by atoms with Crippen LogP contribution in [0, 0.1) is 11.6 Å². The molecule has 0 spiro atoms. The molecule has 0 amide bonds. The molecule has 14 heavy (non-hydrogen) atoms. The van der Waals surface area contributed by atoms with Gasteiger partial charge in [0.15, 0.2) is 0 Å². The van der Waals surface area contributed by atoms with Crippen LogP contribution >= 0.6 is 12.2 Å². The predicted molar refractivity (Wildman–Crippen MR) is 62.0 cm³/mol. The fourth-order valence-corrected chi connectivity index (χ4v) is 1.23. The highest BCUT2D eigenvalue weighted by Crippen LogP contribution is 2.08. The molecule has 1 aromatic rings. The second-order valence-electron chi connectivity index (χ2n) is 2.72. The van der Waals surface area contributed by atoms with Crippen LogP contribution in [0.3, 0.4) is 0 Å². The van der Waals surface area contributed by atoms with Crippen LogP contribution in [0.4, 0.5) is 0 Å². The fourth-order valence-electron chi connectivity index (χ4n) is 1.06. The Hall–Kier alpha value is -0.610. The maximum Gasteiger partial charge on any atom is 0.124 e. The Balaban J connectivity index is 0.000000791. The van der Waals surface area contributed by atoms with Gasteiger partial charge in [-0.1, -0.05) is 26.1 Å². The molecule has 82 valence electrons. The first-order valence-electron chi connectivity index (χ1n) is 4.99. The lowest BCUT2D eigenvalue weighted by Gasteiger charge is -1.98. The molecular weight excluding hydrogens is 196 g/mol. The van der Waals surface area contributed by atoms with Gasteiger partial charge in [0.1, 0.15) is 4.64 Å². The van der Waals surface area contributed by atoms with Crippen molar-refractivity contribution in [2.24, 2.45) is 7.05 Å². The van der Waals surface area contributed by atoms with E-state index in [1.54, 1.807) is 0 Å². The van der Waals surface area contributed by atoms with Gasteiger partial charge in [-0.2, -0.15) is 0 Å². The summed E-state index contributed by atoms with van der Waals surface area (Å²) in [6.45, 7) is 9.34. The first-order valence-corrected chi connectivity index (χ1v) is 5.39. The van der Waals surface area contributed by atoms with E-state index in [4.69, 9.17) is 17.0 Å². The largest absolute Gasteiger partial charge is 0.375 e. The minimum atomic E-state index is 0.618. The Morgan fingerprint density at radius 2 is 2.00 bits per heavy atom. The topological polar surface area (TPSA) is 29.9 Å². The average molecular weight is 216 g/mol. The summed E-state index contributed by atoms with van der Waals surface area (Å²) in [5.74, 6) is 0. The zero-order valence-corrected chi connectivity index (χ0v) is 10.5. The molecule has 0 atom stereocenters. The van der Waals surface area contributed by atoms with Gasteiger partial charge in [-0.05, 0) is 13.8 Å². The lowest BCUT2D eigenvalue weighted by Crippen LogP contribution is -1.95. The van der Waals surface area contributed by atoms with E-state index in [-0.39, 0.29) is 0 Å². The molecule has 0 radical (unpaired) electrons. The summed E-state index contributed by atoms with van der Waals surface area (Å²) in [6.07, 6.45) is 0. The van der Waals surface area contributed by atoms with Crippen molar-refractivity contribution in [3.05, 3.63) is 15.9 Å². The average Bonchev–Trinajstić information content (AvgIpc) is 2.46. The third kappa shape index (κ3) is 3.27. The predicted octanol–water partition coefficient (Wildman–Crippen LogP) is 2.95. The molecule has 0 aliphatic rings. The summed E-state index contributed by atoms with van der Waals surface area (Å²) < 4.78 is 7.96. The first kappa shape index (κ1) is 13.4. The van der Waals surface area contributed by atoms with Crippen molar-refractivity contribution >= 4 is 12.2 Å². The van der Waals surface area contributed by atoms with Crippen molar-refractivity contribution in [3.63, 3.8) is 0 Å². The molecule has 0 aromatic carbocycles. The minimum Gasteiger partial charge on any atom is -0.375 e. The second-order valence-corrected chi connectivity index (χ2v) is 3.10. The number of hydrogen-bond donors (Lipinski definition) is 1. The summed E-state index contributed by atoms with van der Waals surface area (Å²) in [4.78, 5) is 0. The molecule has 0 saturated heterocycles. The molecule has 3 nitrogen and oxygen atoms in total. The Morgan fingerprint density at radius 1 is 1.43 bits per heavy atom. The molecule has 0 aliphatic heterocycles. The van der Waals surface area contributed by atoms with E-state index in [9.17, 15) is 0 Å². The highest BCUT2D eigenvalue weighted by molar-refractivity contribution is 7.71. The number of aromatic amines is 1. The Morgan fingerprint density at radius 3 is 2.36 bits per heavy atom. The number of hydrogen-bond acceptors (Lipinski definition) is 2. The van der Waals surface area contributed by atoms with Crippen molar-refractivity contribution in [1.82, 2.24) is 9.78 Å². The van der Waals surface area contributed by atoms with E-state index in [1.165, 1.54) is 0 Å². The normalized spacial score (nSPS) is 9.50. The Labute approximate surface area is 91.1 Å². The van der Waals surface area contributed by atoms with E-state index < -0.39 is 0 Å². The van der Waals surface area contributed by atoms with Crippen LogP contribution in [-0.2, 0) is 18.4 Å². The van der Waals surface area contributed by atoms with Crippen molar-refractivity contribution in [3.8, 4) is 0 Å². The molecule has 1 heterocycles. The van der Waals surface area contributed by atoms with Crippen LogP contribution in [-0.4, -0.2) is 16.4 Å². The number of nitrogens with zero attached hydrogens (tertiary/aromatic N) is 1. The van der Waals surface area contributed by atoms with Gasteiger partial charge in [0.2, 0.25) is 0 Å². The van der Waals surface area contributed by atoms with Crippen molar-refractivity contribution < 1.29 is 4.74 Å². The third-order valence-electron chi connectivity index (χ3n) is 1.83. The van der Waals surface area contributed by atoms with Crippen molar-refractivity contribution in [2.45, 2.75) is 34.3 Å². The molecule has 0 bridgehead atoms. The molecule has 4 heteroatoms. The molecule has 0 saturated carbocycles. The maximum atomic E-state index is 5.28. The number of aromatic nitrogens is 2. The number of rotatable bonds is 3. The lowest BCUT2D eigenvalue weighted by atomic mass is 10.3. The number of aryl methyl sites for hydroxylation is 1.